The van der Waals surface area contributed by atoms with Crippen molar-refractivity contribution in [3.63, 3.8) is 0 Å². The number of aromatic nitrogens is 2. The van der Waals surface area contributed by atoms with Crippen molar-refractivity contribution in [2.45, 2.75) is 86.0 Å². The molecule has 15 nitrogen and oxygen atoms in total. The smallest absolute Gasteiger partial charge is 0.294 e. The number of aryl methyl sites for hydroxylation is 1. The summed E-state index contributed by atoms with van der Waals surface area (Å²) in [6.07, 6.45) is 4.51. The summed E-state index contributed by atoms with van der Waals surface area (Å²) in [4.78, 5) is 32.3. The highest BCUT2D eigenvalue weighted by molar-refractivity contribution is 7.86. The van der Waals surface area contributed by atoms with Gasteiger partial charge in [0, 0.05) is 5.69 Å². The highest BCUT2D eigenvalue weighted by Crippen LogP contribution is 2.25. The lowest BCUT2D eigenvalue weighted by Gasteiger charge is -2.13. The van der Waals surface area contributed by atoms with Gasteiger partial charge in [-0.2, -0.15) is 26.9 Å². The lowest BCUT2D eigenvalue weighted by molar-refractivity contribution is -0.114. The summed E-state index contributed by atoms with van der Waals surface area (Å²) < 4.78 is 64.3. The summed E-state index contributed by atoms with van der Waals surface area (Å²) in [5.74, 6) is -0.469. The number of H-pyrrole nitrogens is 1. The predicted octanol–water partition coefficient (Wildman–Crippen LogP) is 6.37. The molecule has 1 aromatic heterocycles. The highest BCUT2D eigenvalue weighted by Gasteiger charge is 2.28. The quantitative estimate of drug-likeness (QED) is 0.114. The number of nitrogens with zero attached hydrogens (tertiary/aromatic N) is 6. The van der Waals surface area contributed by atoms with Gasteiger partial charge in [0.05, 0.1) is 38.0 Å². The Balaban J connectivity index is 0.000000655. The number of hydrogen-bond acceptors (Lipinski definition) is 10. The van der Waals surface area contributed by atoms with Gasteiger partial charge in [-0.25, -0.2) is 4.68 Å². The molecule has 0 aliphatic carbocycles. The van der Waals surface area contributed by atoms with Crippen molar-refractivity contribution in [3.05, 3.63) is 87.9 Å². The molecular formula is C41H65N7O8S2. The third kappa shape index (κ3) is 15.8. The van der Waals surface area contributed by atoms with Crippen LogP contribution in [-0.4, -0.2) is 121 Å². The molecule has 1 aliphatic heterocycles. The van der Waals surface area contributed by atoms with Gasteiger partial charge >= 0.3 is 0 Å². The first kappa shape index (κ1) is 51.8. The van der Waals surface area contributed by atoms with Crippen molar-refractivity contribution < 1.29 is 30.7 Å². The summed E-state index contributed by atoms with van der Waals surface area (Å²) in [5.41, 5.74) is 1.70. The Morgan fingerprint density at radius 1 is 0.621 bits per heavy atom. The number of benzene rings is 2. The minimum absolute atomic E-state index is 0.254. The van der Waals surface area contributed by atoms with Crippen molar-refractivity contribution in [1.29, 1.82) is 0 Å². The molecular weight excluding hydrogens is 783 g/mol. The number of carbonyl (C=O) groups excluding carboxylic acids is 1. The SMILES string of the molecule is CC1=NN(c2ccc(S(=O)(=O)O)cc2)C(=O)/C1=C\C=C\c1c(C)[nH]n(-c2ccc(S(=O)(=O)O)cc2)c1=O.CCN(CC)CC.CCN(CC)CC.CCN(CC)CC. The van der Waals surface area contributed by atoms with Crippen molar-refractivity contribution in [2.75, 3.05) is 63.9 Å². The Bertz CT molecular complexity index is 2030. The lowest BCUT2D eigenvalue weighted by Crippen LogP contribution is -2.21. The molecule has 4 rings (SSSR count). The van der Waals surface area contributed by atoms with Crippen LogP contribution in [0.25, 0.3) is 11.8 Å². The van der Waals surface area contributed by atoms with Crippen LogP contribution < -0.4 is 10.6 Å². The molecule has 0 atom stereocenters. The van der Waals surface area contributed by atoms with E-state index in [2.05, 4.69) is 87.2 Å². The Hall–Kier alpha value is -4.23. The molecule has 0 unspecified atom stereocenters. The van der Waals surface area contributed by atoms with E-state index >= 15 is 0 Å². The van der Waals surface area contributed by atoms with E-state index in [-0.39, 0.29) is 15.4 Å². The van der Waals surface area contributed by atoms with Gasteiger partial charge in [0.2, 0.25) is 0 Å². The molecule has 1 aliphatic rings. The summed E-state index contributed by atoms with van der Waals surface area (Å²) in [6.45, 7) is 33.7. The van der Waals surface area contributed by atoms with Crippen LogP contribution in [0.5, 0.6) is 0 Å². The second kappa shape index (κ2) is 25.3. The fourth-order valence-electron chi connectivity index (χ4n) is 5.60. The zero-order chi connectivity index (χ0) is 44.2. The van der Waals surface area contributed by atoms with Crippen molar-refractivity contribution in [1.82, 2.24) is 24.5 Å². The first-order chi connectivity index (χ1) is 27.3. The molecule has 2 heterocycles. The fraction of sp³-hybridized carbons (Fsp3) is 0.488. The number of hydrazone groups is 1. The van der Waals surface area contributed by atoms with Crippen LogP contribution in [0.1, 0.15) is 80.5 Å². The predicted molar refractivity (Wildman–Crippen MR) is 235 cm³/mol. The molecule has 2 aromatic carbocycles. The van der Waals surface area contributed by atoms with Crippen molar-refractivity contribution in [3.8, 4) is 5.69 Å². The molecule has 0 radical (unpaired) electrons. The molecule has 0 spiro atoms. The number of nitrogens with one attached hydrogen (secondary N) is 1. The van der Waals surface area contributed by atoms with Gasteiger partial charge in [0.15, 0.2) is 0 Å². The van der Waals surface area contributed by atoms with Crippen LogP contribution in [0.2, 0.25) is 0 Å². The maximum atomic E-state index is 12.9. The van der Waals surface area contributed by atoms with Gasteiger partial charge in [0.1, 0.15) is 0 Å². The minimum atomic E-state index is -4.37. The molecule has 3 N–H and O–H groups in total. The summed E-state index contributed by atoms with van der Waals surface area (Å²) in [6, 6.07) is 10.1. The number of anilines is 1. The van der Waals surface area contributed by atoms with Gasteiger partial charge in [-0.05, 0) is 133 Å². The van der Waals surface area contributed by atoms with Crippen molar-refractivity contribution >= 4 is 43.6 Å². The monoisotopic (exact) mass is 847 g/mol. The van der Waals surface area contributed by atoms with E-state index in [9.17, 15) is 26.4 Å². The van der Waals surface area contributed by atoms with E-state index in [1.165, 1.54) is 118 Å². The normalized spacial score (nSPS) is 13.7. The van der Waals surface area contributed by atoms with Gasteiger partial charge in [-0.1, -0.05) is 68.4 Å². The number of amides is 1. The summed E-state index contributed by atoms with van der Waals surface area (Å²) in [5, 5.41) is 8.17. The van der Waals surface area contributed by atoms with Gasteiger partial charge in [-0.3, -0.25) is 23.8 Å². The minimum Gasteiger partial charge on any atom is -0.304 e. The van der Waals surface area contributed by atoms with Crippen LogP contribution in [-0.2, 0) is 25.0 Å². The first-order valence-corrected chi connectivity index (χ1v) is 22.6. The standard InChI is InChI=1S/C23H20N4O8S2.3C6H15N/c1-14-20(22(28)26(24-14)16-6-10-18(11-7-16)36(30,31)32)4-3-5-21-15(2)25-27(23(21)29)17-8-12-19(13-9-17)37(33,34)35;3*1-4-7(5-2)6-3/h3-13,24H,1-2H3,(H,30,31,32)(H,33,34,35);3*4-6H2,1-3H3/b4-3+,21-5-;;;. The Kier molecular flexibility index (Phi) is 22.6. The second-order valence-corrected chi connectivity index (χ2v) is 15.7. The third-order valence-corrected chi connectivity index (χ3v) is 11.2. The van der Waals surface area contributed by atoms with Crippen molar-refractivity contribution in [2.24, 2.45) is 5.10 Å². The maximum absolute atomic E-state index is 12.9. The number of rotatable bonds is 15. The third-order valence-electron chi connectivity index (χ3n) is 9.50. The van der Waals surface area contributed by atoms with Crippen LogP contribution in [0.15, 0.2) is 85.9 Å². The number of aromatic amines is 1. The van der Waals surface area contributed by atoms with E-state index in [0.717, 1.165) is 17.1 Å². The lowest BCUT2D eigenvalue weighted by atomic mass is 10.1. The second-order valence-electron chi connectivity index (χ2n) is 12.8. The zero-order valence-corrected chi connectivity index (χ0v) is 37.7. The molecule has 1 amide bonds. The first-order valence-electron chi connectivity index (χ1n) is 19.7. The van der Waals surface area contributed by atoms with E-state index in [1.54, 1.807) is 13.8 Å². The van der Waals surface area contributed by atoms with E-state index < -0.39 is 31.7 Å². The molecule has 0 fully saturated rings. The summed E-state index contributed by atoms with van der Waals surface area (Å²) in [7, 11) is -8.74. The van der Waals surface area contributed by atoms with E-state index in [4.69, 9.17) is 9.11 Å². The average molecular weight is 848 g/mol. The topological polar surface area (TPSA) is 189 Å². The molecule has 3 aromatic rings. The number of allylic oxidation sites excluding steroid dienone is 2. The molecule has 324 valence electrons. The zero-order valence-electron chi connectivity index (χ0n) is 36.1. The van der Waals surface area contributed by atoms with Gasteiger partial charge in [0.25, 0.3) is 31.7 Å². The Morgan fingerprint density at radius 3 is 1.31 bits per heavy atom. The highest BCUT2D eigenvalue weighted by atomic mass is 32.2. The molecule has 17 heteroatoms. The van der Waals surface area contributed by atoms with Crippen LogP contribution >= 0.6 is 0 Å². The van der Waals surface area contributed by atoms with Crippen LogP contribution in [0.4, 0.5) is 5.69 Å². The Labute approximate surface area is 346 Å². The average Bonchev–Trinajstić information content (AvgIpc) is 3.65. The van der Waals surface area contributed by atoms with E-state index in [0.29, 0.717) is 28.3 Å². The number of carbonyl (C=O) groups is 1. The van der Waals surface area contributed by atoms with E-state index in [1.807, 2.05) is 0 Å². The molecule has 0 saturated carbocycles. The Morgan fingerprint density at radius 2 is 0.983 bits per heavy atom. The summed E-state index contributed by atoms with van der Waals surface area (Å²) >= 11 is 0. The largest absolute Gasteiger partial charge is 0.304 e. The maximum Gasteiger partial charge on any atom is 0.294 e. The molecule has 0 bridgehead atoms. The van der Waals surface area contributed by atoms with Gasteiger partial charge < -0.3 is 14.7 Å². The van der Waals surface area contributed by atoms with Gasteiger partial charge in [-0.15, -0.1) is 0 Å². The fourth-order valence-corrected chi connectivity index (χ4v) is 6.56. The number of hydrogen-bond donors (Lipinski definition) is 3. The van der Waals surface area contributed by atoms with Crippen LogP contribution in [0.3, 0.4) is 0 Å². The molecule has 58 heavy (non-hydrogen) atoms. The van der Waals surface area contributed by atoms with Crippen LogP contribution in [0, 0.1) is 6.92 Å². The molecule has 0 saturated heterocycles.